The molecule has 1 aliphatic rings. The monoisotopic (exact) mass is 426 g/mol. The Morgan fingerprint density at radius 1 is 1.07 bits per heavy atom. The Balaban J connectivity index is 1.49. The fraction of sp³-hybridized carbons (Fsp3) is 0.238. The molecule has 9 heteroatoms. The standard InChI is InChI=1S/C21H19ClN4O4/c1-30-15-12-24-19(22)17-16(15)14(11-23-17)18(27)21(29)26-9-7-25(8-10-26)20(28)13-5-3-2-4-6-13/h2-6,11-12,23H,7-10H2,1H3. The summed E-state index contributed by atoms with van der Waals surface area (Å²) in [6.07, 6.45) is 2.85. The zero-order chi connectivity index (χ0) is 21.3. The summed E-state index contributed by atoms with van der Waals surface area (Å²) in [6, 6.07) is 8.98. The number of Topliss-reactive ketones (excluding diaryl/α,β-unsaturated/α-hetero) is 1. The molecule has 0 bridgehead atoms. The molecule has 1 aromatic carbocycles. The molecule has 0 saturated carbocycles. The van der Waals surface area contributed by atoms with Crippen molar-refractivity contribution in [3.63, 3.8) is 0 Å². The number of nitrogens with one attached hydrogen (secondary N) is 1. The highest BCUT2D eigenvalue weighted by molar-refractivity contribution is 6.45. The summed E-state index contributed by atoms with van der Waals surface area (Å²) in [7, 11) is 1.45. The van der Waals surface area contributed by atoms with Gasteiger partial charge in [0.2, 0.25) is 0 Å². The van der Waals surface area contributed by atoms with Crippen LogP contribution in [0.15, 0.2) is 42.7 Å². The first-order chi connectivity index (χ1) is 14.5. The van der Waals surface area contributed by atoms with Crippen LogP contribution < -0.4 is 4.74 Å². The third-order valence-electron chi connectivity index (χ3n) is 5.16. The number of hydrogen-bond acceptors (Lipinski definition) is 5. The largest absolute Gasteiger partial charge is 0.494 e. The van der Waals surface area contributed by atoms with Gasteiger partial charge in [-0.25, -0.2) is 4.98 Å². The summed E-state index contributed by atoms with van der Waals surface area (Å²) in [6.45, 7) is 1.29. The Labute approximate surface area is 177 Å². The molecule has 0 aliphatic carbocycles. The summed E-state index contributed by atoms with van der Waals surface area (Å²) in [5.74, 6) is -1.02. The van der Waals surface area contributed by atoms with Gasteiger partial charge in [-0.05, 0) is 12.1 Å². The maximum absolute atomic E-state index is 12.9. The number of fused-ring (bicyclic) bond motifs is 1. The van der Waals surface area contributed by atoms with Gasteiger partial charge >= 0.3 is 0 Å². The SMILES string of the molecule is COc1cnc(Cl)c2[nH]cc(C(=O)C(=O)N3CCN(C(=O)c4ccccc4)CC3)c12. The van der Waals surface area contributed by atoms with Crippen molar-refractivity contribution in [2.45, 2.75) is 0 Å². The van der Waals surface area contributed by atoms with Crippen LogP contribution in [-0.4, -0.2) is 70.7 Å². The Hall–Kier alpha value is -3.39. The summed E-state index contributed by atoms with van der Waals surface area (Å²) < 4.78 is 5.28. The molecule has 1 aliphatic heterocycles. The molecule has 30 heavy (non-hydrogen) atoms. The maximum atomic E-state index is 12.9. The van der Waals surface area contributed by atoms with Gasteiger partial charge in [-0.1, -0.05) is 29.8 Å². The number of nitrogens with zero attached hydrogens (tertiary/aromatic N) is 3. The topological polar surface area (TPSA) is 95.6 Å². The molecule has 8 nitrogen and oxygen atoms in total. The summed E-state index contributed by atoms with van der Waals surface area (Å²) >= 11 is 6.09. The van der Waals surface area contributed by atoms with Gasteiger partial charge in [0.15, 0.2) is 5.15 Å². The molecule has 0 atom stereocenters. The minimum Gasteiger partial charge on any atom is -0.494 e. The number of benzene rings is 1. The fourth-order valence-corrected chi connectivity index (χ4v) is 3.75. The number of hydrogen-bond donors (Lipinski definition) is 1. The van der Waals surface area contributed by atoms with E-state index in [-0.39, 0.29) is 29.7 Å². The van der Waals surface area contributed by atoms with E-state index in [1.165, 1.54) is 24.4 Å². The van der Waals surface area contributed by atoms with Crippen LogP contribution in [0.4, 0.5) is 0 Å². The number of piperazine rings is 1. The number of aromatic nitrogens is 2. The van der Waals surface area contributed by atoms with E-state index in [0.717, 1.165) is 0 Å². The van der Waals surface area contributed by atoms with Crippen molar-refractivity contribution in [3.8, 4) is 5.75 Å². The van der Waals surface area contributed by atoms with Crippen LogP contribution >= 0.6 is 11.6 Å². The van der Waals surface area contributed by atoms with Crippen LogP contribution in [0.25, 0.3) is 10.9 Å². The van der Waals surface area contributed by atoms with Crippen LogP contribution in [0, 0.1) is 0 Å². The first-order valence-electron chi connectivity index (χ1n) is 9.38. The lowest BCUT2D eigenvalue weighted by Crippen LogP contribution is -2.52. The molecule has 1 saturated heterocycles. The Bertz CT molecular complexity index is 1120. The van der Waals surface area contributed by atoms with Gasteiger partial charge in [0.05, 0.1) is 29.8 Å². The third kappa shape index (κ3) is 3.50. The molecule has 1 fully saturated rings. The van der Waals surface area contributed by atoms with Crippen LogP contribution in [0.5, 0.6) is 5.75 Å². The van der Waals surface area contributed by atoms with Gasteiger partial charge in [0.1, 0.15) is 5.75 Å². The van der Waals surface area contributed by atoms with E-state index >= 15 is 0 Å². The Kier molecular flexibility index (Phi) is 5.41. The number of carbonyl (C=O) groups is 3. The van der Waals surface area contributed by atoms with Crippen molar-refractivity contribution in [2.24, 2.45) is 0 Å². The molecular formula is C21H19ClN4O4. The first kappa shape index (κ1) is 19.9. The summed E-state index contributed by atoms with van der Waals surface area (Å²) in [4.78, 5) is 48.4. The second-order valence-corrected chi connectivity index (χ2v) is 7.21. The van der Waals surface area contributed by atoms with Crippen LogP contribution in [0.1, 0.15) is 20.7 Å². The van der Waals surface area contributed by atoms with Crippen molar-refractivity contribution in [2.75, 3.05) is 33.3 Å². The van der Waals surface area contributed by atoms with Crippen molar-refractivity contribution in [1.29, 1.82) is 0 Å². The van der Waals surface area contributed by atoms with Gasteiger partial charge in [-0.15, -0.1) is 0 Å². The lowest BCUT2D eigenvalue weighted by molar-refractivity contribution is -0.127. The van der Waals surface area contributed by atoms with E-state index in [1.807, 2.05) is 18.2 Å². The lowest BCUT2D eigenvalue weighted by atomic mass is 10.1. The molecule has 3 heterocycles. The Morgan fingerprint density at radius 3 is 2.40 bits per heavy atom. The smallest absolute Gasteiger partial charge is 0.295 e. The third-order valence-corrected chi connectivity index (χ3v) is 5.45. The molecule has 2 aromatic heterocycles. The van der Waals surface area contributed by atoms with Crippen molar-refractivity contribution < 1.29 is 19.1 Å². The maximum Gasteiger partial charge on any atom is 0.295 e. The molecular weight excluding hydrogens is 408 g/mol. The second-order valence-electron chi connectivity index (χ2n) is 6.85. The normalized spacial score (nSPS) is 14.1. The van der Waals surface area contributed by atoms with Gasteiger partial charge in [0.25, 0.3) is 17.6 Å². The minimum absolute atomic E-state index is 0.0856. The molecule has 4 rings (SSSR count). The van der Waals surface area contributed by atoms with Gasteiger partial charge in [-0.2, -0.15) is 0 Å². The van der Waals surface area contributed by atoms with E-state index in [4.69, 9.17) is 16.3 Å². The highest BCUT2D eigenvalue weighted by Crippen LogP contribution is 2.32. The van der Waals surface area contributed by atoms with E-state index in [2.05, 4.69) is 9.97 Å². The quantitative estimate of drug-likeness (QED) is 0.392. The van der Waals surface area contributed by atoms with Gasteiger partial charge in [-0.3, -0.25) is 14.4 Å². The van der Waals surface area contributed by atoms with E-state index < -0.39 is 11.7 Å². The number of rotatable bonds is 4. The molecule has 0 unspecified atom stereocenters. The number of halogens is 1. The minimum atomic E-state index is -0.662. The number of ketones is 1. The summed E-state index contributed by atoms with van der Waals surface area (Å²) in [5.41, 5.74) is 1.22. The van der Waals surface area contributed by atoms with Crippen molar-refractivity contribution >= 4 is 40.1 Å². The predicted octanol–water partition coefficient (Wildman–Crippen LogP) is 2.39. The van der Waals surface area contributed by atoms with Gasteiger partial charge in [0, 0.05) is 37.9 Å². The first-order valence-corrected chi connectivity index (χ1v) is 9.76. The fourth-order valence-electron chi connectivity index (χ4n) is 3.55. The average molecular weight is 427 g/mol. The zero-order valence-corrected chi connectivity index (χ0v) is 17.0. The van der Waals surface area contributed by atoms with Crippen LogP contribution in [0.3, 0.4) is 0 Å². The van der Waals surface area contributed by atoms with Gasteiger partial charge < -0.3 is 19.5 Å². The number of pyridine rings is 1. The molecule has 0 radical (unpaired) electrons. The lowest BCUT2D eigenvalue weighted by Gasteiger charge is -2.34. The number of methoxy groups -OCH3 is 1. The highest BCUT2D eigenvalue weighted by Gasteiger charge is 2.31. The van der Waals surface area contributed by atoms with E-state index in [9.17, 15) is 14.4 Å². The molecule has 154 valence electrons. The average Bonchev–Trinajstić information content (AvgIpc) is 3.25. The molecule has 1 N–H and O–H groups in total. The molecule has 2 amide bonds. The predicted molar refractivity (Wildman–Crippen MR) is 111 cm³/mol. The van der Waals surface area contributed by atoms with E-state index in [0.29, 0.717) is 35.3 Å². The number of carbonyl (C=O) groups excluding carboxylic acids is 3. The van der Waals surface area contributed by atoms with E-state index in [1.54, 1.807) is 17.0 Å². The van der Waals surface area contributed by atoms with Crippen LogP contribution in [0.2, 0.25) is 5.15 Å². The van der Waals surface area contributed by atoms with Crippen LogP contribution in [-0.2, 0) is 4.79 Å². The molecule has 0 spiro atoms. The number of ether oxygens (including phenoxy) is 1. The second kappa shape index (κ2) is 8.16. The Morgan fingerprint density at radius 2 is 1.73 bits per heavy atom. The number of H-pyrrole nitrogens is 1. The highest BCUT2D eigenvalue weighted by atomic mass is 35.5. The zero-order valence-electron chi connectivity index (χ0n) is 16.2. The summed E-state index contributed by atoms with van der Waals surface area (Å²) in [5, 5.41) is 0.610. The molecule has 3 aromatic rings. The van der Waals surface area contributed by atoms with Crippen molar-refractivity contribution in [3.05, 3.63) is 59.0 Å². The number of amides is 2. The van der Waals surface area contributed by atoms with Crippen molar-refractivity contribution in [1.82, 2.24) is 19.8 Å². The number of aromatic amines is 1.